The monoisotopic (exact) mass is 367 g/mol. The average Bonchev–Trinajstić information content (AvgIpc) is 3.17. The highest BCUT2D eigenvalue weighted by Crippen LogP contribution is 2.24. The third kappa shape index (κ3) is 3.73. The summed E-state index contributed by atoms with van der Waals surface area (Å²) in [6.07, 6.45) is 8.55. The van der Waals surface area contributed by atoms with Gasteiger partial charge in [0.2, 0.25) is 0 Å². The number of allylic oxidation sites excluding steroid dienone is 1. The van der Waals surface area contributed by atoms with Gasteiger partial charge < -0.3 is 5.11 Å². The second-order valence-electron chi connectivity index (χ2n) is 6.20. The van der Waals surface area contributed by atoms with Gasteiger partial charge in [0.25, 0.3) is 0 Å². The number of carbonyl (C=O) groups excluding carboxylic acids is 1. The Morgan fingerprint density at radius 2 is 1.86 bits per heavy atom. The van der Waals surface area contributed by atoms with E-state index in [1.165, 1.54) is 18.2 Å². The fraction of sp³-hybridized carbons (Fsp3) is 0. The Bertz CT molecular complexity index is 1130. The summed E-state index contributed by atoms with van der Waals surface area (Å²) in [7, 11) is 0. The first kappa shape index (κ1) is 17.4. The summed E-state index contributed by atoms with van der Waals surface area (Å²) >= 11 is 0. The van der Waals surface area contributed by atoms with Gasteiger partial charge in [-0.05, 0) is 48.6 Å². The number of carbonyl (C=O) groups is 1. The first-order chi connectivity index (χ1) is 13.7. The molecule has 1 N–H and O–H groups in total. The van der Waals surface area contributed by atoms with E-state index in [4.69, 9.17) is 0 Å². The van der Waals surface area contributed by atoms with Crippen LogP contribution in [-0.2, 0) is 0 Å². The van der Waals surface area contributed by atoms with Gasteiger partial charge in [-0.2, -0.15) is 5.10 Å². The van der Waals surface area contributed by atoms with Gasteiger partial charge in [-0.3, -0.25) is 9.78 Å². The van der Waals surface area contributed by atoms with Crippen molar-refractivity contribution in [3.05, 3.63) is 103 Å². The summed E-state index contributed by atoms with van der Waals surface area (Å²) in [5.74, 6) is -0.132. The Labute approximate surface area is 162 Å². The lowest BCUT2D eigenvalue weighted by atomic mass is 10.1. The zero-order chi connectivity index (χ0) is 19.3. The van der Waals surface area contributed by atoms with Crippen LogP contribution in [0.1, 0.15) is 15.9 Å². The quantitative estimate of drug-likeness (QED) is 0.415. The number of nitrogens with zero attached hydrogens (tertiary/aromatic N) is 3. The van der Waals surface area contributed by atoms with Crippen LogP contribution in [0.15, 0.2) is 91.4 Å². The van der Waals surface area contributed by atoms with Crippen molar-refractivity contribution in [2.45, 2.75) is 0 Å². The predicted molar refractivity (Wildman–Crippen MR) is 108 cm³/mol. The van der Waals surface area contributed by atoms with Crippen molar-refractivity contribution in [3.63, 3.8) is 0 Å². The molecule has 0 amide bonds. The molecule has 0 aliphatic carbocycles. The minimum absolute atomic E-state index is 0.0622. The Balaban J connectivity index is 1.73. The fourth-order valence-electron chi connectivity index (χ4n) is 2.87. The topological polar surface area (TPSA) is 68.0 Å². The molecule has 0 radical (unpaired) electrons. The summed E-state index contributed by atoms with van der Waals surface area (Å²) in [6, 6.07) is 19.8. The van der Waals surface area contributed by atoms with E-state index in [0.717, 1.165) is 22.5 Å². The number of hydrogen-bond donors (Lipinski definition) is 1. The molecular formula is C23H17N3O2. The third-order valence-electron chi connectivity index (χ3n) is 4.24. The van der Waals surface area contributed by atoms with Crippen molar-refractivity contribution in [2.75, 3.05) is 0 Å². The number of rotatable bonds is 5. The number of para-hydroxylation sites is 1. The second kappa shape index (κ2) is 7.72. The van der Waals surface area contributed by atoms with Crippen molar-refractivity contribution >= 4 is 11.9 Å². The molecule has 0 aliphatic rings. The number of phenols is 1. The Morgan fingerprint density at radius 1 is 1.00 bits per heavy atom. The van der Waals surface area contributed by atoms with Crippen LogP contribution in [0.5, 0.6) is 5.75 Å². The van der Waals surface area contributed by atoms with Crippen molar-refractivity contribution in [3.8, 4) is 22.7 Å². The van der Waals surface area contributed by atoms with Crippen molar-refractivity contribution in [1.29, 1.82) is 0 Å². The molecule has 4 aromatic rings. The number of hydrogen-bond acceptors (Lipinski definition) is 4. The lowest BCUT2D eigenvalue weighted by Gasteiger charge is -2.00. The second-order valence-corrected chi connectivity index (χ2v) is 6.20. The highest BCUT2D eigenvalue weighted by molar-refractivity contribution is 6.07. The van der Waals surface area contributed by atoms with Gasteiger partial charge in [0.05, 0.1) is 5.69 Å². The van der Waals surface area contributed by atoms with Crippen molar-refractivity contribution < 1.29 is 9.90 Å². The molecule has 0 saturated carbocycles. The molecule has 4 rings (SSSR count). The van der Waals surface area contributed by atoms with Crippen LogP contribution >= 0.6 is 0 Å². The molecular weight excluding hydrogens is 350 g/mol. The maximum Gasteiger partial charge on any atom is 0.185 e. The van der Waals surface area contributed by atoms with Crippen LogP contribution < -0.4 is 0 Å². The molecule has 5 nitrogen and oxygen atoms in total. The number of ketones is 1. The number of benzene rings is 2. The van der Waals surface area contributed by atoms with Crippen LogP contribution in [0.3, 0.4) is 0 Å². The van der Waals surface area contributed by atoms with Gasteiger partial charge >= 0.3 is 0 Å². The minimum atomic E-state index is -0.194. The molecule has 0 atom stereocenters. The third-order valence-corrected chi connectivity index (χ3v) is 4.24. The lowest BCUT2D eigenvalue weighted by molar-refractivity contribution is 0.104. The average molecular weight is 367 g/mol. The highest BCUT2D eigenvalue weighted by Gasteiger charge is 2.11. The van der Waals surface area contributed by atoms with Gasteiger partial charge in [-0.15, -0.1) is 0 Å². The van der Waals surface area contributed by atoms with E-state index in [1.807, 2.05) is 48.7 Å². The fourth-order valence-corrected chi connectivity index (χ4v) is 2.87. The van der Waals surface area contributed by atoms with E-state index in [1.54, 1.807) is 35.3 Å². The van der Waals surface area contributed by atoms with Gasteiger partial charge in [-0.1, -0.05) is 30.3 Å². The summed E-state index contributed by atoms with van der Waals surface area (Å²) in [5, 5.41) is 14.3. The number of aromatic hydroxyl groups is 1. The van der Waals surface area contributed by atoms with Crippen LogP contribution in [0.25, 0.3) is 23.0 Å². The Hall–Kier alpha value is -3.99. The molecule has 0 bridgehead atoms. The molecule has 0 unspecified atom stereocenters. The van der Waals surface area contributed by atoms with E-state index in [-0.39, 0.29) is 11.5 Å². The van der Waals surface area contributed by atoms with Gasteiger partial charge in [0, 0.05) is 35.3 Å². The van der Waals surface area contributed by atoms with Crippen molar-refractivity contribution in [1.82, 2.24) is 14.8 Å². The van der Waals surface area contributed by atoms with Crippen LogP contribution in [0.4, 0.5) is 0 Å². The lowest BCUT2D eigenvalue weighted by Crippen LogP contribution is -1.94. The maximum atomic E-state index is 12.5. The molecule has 2 aromatic carbocycles. The van der Waals surface area contributed by atoms with E-state index in [9.17, 15) is 9.90 Å². The standard InChI is InChI=1S/C23H17N3O2/c27-21-10-4-6-17(14-21)22(28)12-11-19-16-26(20-8-2-1-3-9-20)25-23(19)18-7-5-13-24-15-18/h1-16,27H/b12-11+. The normalized spacial score (nSPS) is 11.0. The molecule has 0 spiro atoms. The van der Waals surface area contributed by atoms with E-state index < -0.39 is 0 Å². The van der Waals surface area contributed by atoms with Crippen molar-refractivity contribution in [2.24, 2.45) is 0 Å². The Morgan fingerprint density at radius 3 is 2.61 bits per heavy atom. The number of phenolic OH excluding ortho intramolecular Hbond substituents is 1. The van der Waals surface area contributed by atoms with E-state index >= 15 is 0 Å². The van der Waals surface area contributed by atoms with E-state index in [2.05, 4.69) is 10.1 Å². The zero-order valence-electron chi connectivity index (χ0n) is 14.9. The molecule has 2 aromatic heterocycles. The maximum absolute atomic E-state index is 12.5. The molecule has 136 valence electrons. The summed E-state index contributed by atoms with van der Waals surface area (Å²) < 4.78 is 1.78. The van der Waals surface area contributed by atoms with Crippen LogP contribution in [-0.4, -0.2) is 25.7 Å². The minimum Gasteiger partial charge on any atom is -0.508 e. The highest BCUT2D eigenvalue weighted by atomic mass is 16.3. The Kier molecular flexibility index (Phi) is 4.80. The smallest absolute Gasteiger partial charge is 0.185 e. The number of pyridine rings is 1. The van der Waals surface area contributed by atoms with Crippen LogP contribution in [0, 0.1) is 0 Å². The first-order valence-electron chi connectivity index (χ1n) is 8.77. The molecule has 28 heavy (non-hydrogen) atoms. The van der Waals surface area contributed by atoms with Gasteiger partial charge in [-0.25, -0.2) is 4.68 Å². The van der Waals surface area contributed by atoms with E-state index in [0.29, 0.717) is 5.56 Å². The zero-order valence-corrected chi connectivity index (χ0v) is 14.9. The van der Waals surface area contributed by atoms with Gasteiger partial charge in [0.1, 0.15) is 11.4 Å². The molecule has 0 fully saturated rings. The number of aromatic nitrogens is 3. The summed E-state index contributed by atoms with van der Waals surface area (Å²) in [4.78, 5) is 16.6. The molecule has 2 heterocycles. The SMILES string of the molecule is O=C(/C=C/c1cn(-c2ccccc2)nc1-c1cccnc1)c1cccc(O)c1. The predicted octanol–water partition coefficient (Wildman–Crippen LogP) is 4.54. The van der Waals surface area contributed by atoms with Crippen LogP contribution in [0.2, 0.25) is 0 Å². The summed E-state index contributed by atoms with van der Waals surface area (Å²) in [6.45, 7) is 0. The molecule has 0 aliphatic heterocycles. The first-order valence-corrected chi connectivity index (χ1v) is 8.77. The summed E-state index contributed by atoms with van der Waals surface area (Å²) in [5.41, 5.74) is 3.74. The van der Waals surface area contributed by atoms with Gasteiger partial charge in [0.15, 0.2) is 5.78 Å². The largest absolute Gasteiger partial charge is 0.508 e. The molecule has 5 heteroatoms. The molecule has 0 saturated heterocycles.